The zero-order chi connectivity index (χ0) is 12.4. The fraction of sp³-hybridized carbons (Fsp3) is 0.462. The van der Waals surface area contributed by atoms with E-state index in [1.165, 1.54) is 6.07 Å². The third kappa shape index (κ3) is 2.39. The van der Waals surface area contributed by atoms with Crippen LogP contribution in [-0.4, -0.2) is 34.4 Å². The standard InChI is InChI=1S/C13H16ClNO2/c1-9-5-6-15(12(9)8-14)13(17)10-3-2-4-11(16)7-10/h2-4,7,9,12,16H,5-6,8H2,1H3. The quantitative estimate of drug-likeness (QED) is 0.823. The van der Waals surface area contributed by atoms with Crippen LogP contribution in [0.3, 0.4) is 0 Å². The van der Waals surface area contributed by atoms with Crippen molar-refractivity contribution in [3.05, 3.63) is 29.8 Å². The average Bonchev–Trinajstić information content (AvgIpc) is 2.69. The number of aromatic hydroxyl groups is 1. The van der Waals surface area contributed by atoms with Crippen molar-refractivity contribution in [1.82, 2.24) is 4.90 Å². The molecule has 1 aromatic carbocycles. The van der Waals surface area contributed by atoms with Gasteiger partial charge in [-0.1, -0.05) is 13.0 Å². The number of benzene rings is 1. The molecule has 1 heterocycles. The van der Waals surface area contributed by atoms with Crippen molar-refractivity contribution in [2.45, 2.75) is 19.4 Å². The zero-order valence-corrected chi connectivity index (χ0v) is 10.5. The Bertz CT molecular complexity index is 422. The molecule has 0 aliphatic carbocycles. The van der Waals surface area contributed by atoms with Crippen molar-refractivity contribution in [2.75, 3.05) is 12.4 Å². The Kier molecular flexibility index (Phi) is 3.57. The summed E-state index contributed by atoms with van der Waals surface area (Å²) in [4.78, 5) is 14.1. The lowest BCUT2D eigenvalue weighted by Crippen LogP contribution is -2.38. The molecule has 0 spiro atoms. The molecule has 3 nitrogen and oxygen atoms in total. The largest absolute Gasteiger partial charge is 0.508 e. The number of likely N-dealkylation sites (tertiary alicyclic amines) is 1. The number of nitrogens with zero attached hydrogens (tertiary/aromatic N) is 1. The van der Waals surface area contributed by atoms with Crippen LogP contribution < -0.4 is 0 Å². The average molecular weight is 254 g/mol. The maximum Gasteiger partial charge on any atom is 0.254 e. The first-order valence-electron chi connectivity index (χ1n) is 5.79. The van der Waals surface area contributed by atoms with E-state index in [2.05, 4.69) is 6.92 Å². The third-order valence-corrected chi connectivity index (χ3v) is 3.71. The van der Waals surface area contributed by atoms with E-state index in [0.29, 0.717) is 17.4 Å². The van der Waals surface area contributed by atoms with Crippen LogP contribution in [0.4, 0.5) is 0 Å². The van der Waals surface area contributed by atoms with Crippen molar-refractivity contribution >= 4 is 17.5 Å². The van der Waals surface area contributed by atoms with Crippen LogP contribution in [0.1, 0.15) is 23.7 Å². The van der Waals surface area contributed by atoms with Gasteiger partial charge in [0.15, 0.2) is 0 Å². The SMILES string of the molecule is CC1CCN(C(=O)c2cccc(O)c2)C1CCl. The van der Waals surface area contributed by atoms with Gasteiger partial charge in [-0.3, -0.25) is 4.79 Å². The molecule has 0 radical (unpaired) electrons. The molecule has 0 saturated carbocycles. The highest BCUT2D eigenvalue weighted by molar-refractivity contribution is 6.18. The second kappa shape index (κ2) is 4.96. The molecule has 1 amide bonds. The van der Waals surface area contributed by atoms with Gasteiger partial charge in [-0.2, -0.15) is 0 Å². The summed E-state index contributed by atoms with van der Waals surface area (Å²) in [6.45, 7) is 2.86. The predicted octanol–water partition coefficient (Wildman–Crippen LogP) is 2.48. The first kappa shape index (κ1) is 12.2. The number of hydrogen-bond acceptors (Lipinski definition) is 2. The van der Waals surface area contributed by atoms with Crippen LogP contribution in [0.2, 0.25) is 0 Å². The van der Waals surface area contributed by atoms with Gasteiger partial charge < -0.3 is 10.0 Å². The minimum atomic E-state index is -0.0455. The van der Waals surface area contributed by atoms with Crippen LogP contribution in [0, 0.1) is 5.92 Å². The van der Waals surface area contributed by atoms with Crippen LogP contribution in [0.25, 0.3) is 0 Å². The first-order chi connectivity index (χ1) is 8.13. The Labute approximate surface area is 106 Å². The highest BCUT2D eigenvalue weighted by Crippen LogP contribution is 2.27. The molecule has 4 heteroatoms. The van der Waals surface area contributed by atoms with Crippen LogP contribution in [0.15, 0.2) is 24.3 Å². The van der Waals surface area contributed by atoms with E-state index in [9.17, 15) is 9.90 Å². The lowest BCUT2D eigenvalue weighted by Gasteiger charge is -2.25. The molecule has 2 unspecified atom stereocenters. The fourth-order valence-corrected chi connectivity index (χ4v) is 2.77. The molecule has 17 heavy (non-hydrogen) atoms. The molecule has 1 fully saturated rings. The van der Waals surface area contributed by atoms with Gasteiger partial charge in [-0.25, -0.2) is 0 Å². The highest BCUT2D eigenvalue weighted by Gasteiger charge is 2.34. The number of carbonyl (C=O) groups is 1. The van der Waals surface area contributed by atoms with Gasteiger partial charge >= 0.3 is 0 Å². The minimum absolute atomic E-state index is 0.0455. The van der Waals surface area contributed by atoms with E-state index in [0.717, 1.165) is 13.0 Å². The summed E-state index contributed by atoms with van der Waals surface area (Å²) in [5.74, 6) is 0.973. The Morgan fingerprint density at radius 1 is 1.59 bits per heavy atom. The predicted molar refractivity (Wildman–Crippen MR) is 67.4 cm³/mol. The first-order valence-corrected chi connectivity index (χ1v) is 6.33. The van der Waals surface area contributed by atoms with E-state index in [1.54, 1.807) is 18.2 Å². The van der Waals surface area contributed by atoms with Gasteiger partial charge in [-0.15, -0.1) is 11.6 Å². The second-order valence-electron chi connectivity index (χ2n) is 4.54. The van der Waals surface area contributed by atoms with E-state index >= 15 is 0 Å². The molecule has 0 bridgehead atoms. The van der Waals surface area contributed by atoms with Gasteiger partial charge in [0, 0.05) is 24.0 Å². The topological polar surface area (TPSA) is 40.5 Å². The maximum atomic E-state index is 12.3. The Hall–Kier alpha value is -1.22. The molecular weight excluding hydrogens is 238 g/mol. The normalized spacial score (nSPS) is 24.0. The minimum Gasteiger partial charge on any atom is -0.508 e. The van der Waals surface area contributed by atoms with Crippen molar-refractivity contribution in [2.24, 2.45) is 5.92 Å². The molecule has 1 aliphatic rings. The maximum absolute atomic E-state index is 12.3. The number of alkyl halides is 1. The number of phenolic OH excluding ortho intramolecular Hbond substituents is 1. The monoisotopic (exact) mass is 253 g/mol. The van der Waals surface area contributed by atoms with E-state index < -0.39 is 0 Å². The number of carbonyl (C=O) groups excluding carboxylic acids is 1. The molecule has 2 rings (SSSR count). The van der Waals surface area contributed by atoms with Crippen molar-refractivity contribution < 1.29 is 9.90 Å². The van der Waals surface area contributed by atoms with Crippen LogP contribution in [0.5, 0.6) is 5.75 Å². The number of phenols is 1. The van der Waals surface area contributed by atoms with Crippen LogP contribution in [-0.2, 0) is 0 Å². The van der Waals surface area contributed by atoms with Crippen LogP contribution >= 0.6 is 11.6 Å². The summed E-state index contributed by atoms with van der Waals surface area (Å²) in [5, 5.41) is 9.38. The molecule has 0 aromatic heterocycles. The van der Waals surface area contributed by atoms with Crippen molar-refractivity contribution in [3.63, 3.8) is 0 Å². The highest BCUT2D eigenvalue weighted by atomic mass is 35.5. The number of amides is 1. The summed E-state index contributed by atoms with van der Waals surface area (Å²) >= 11 is 5.92. The summed E-state index contributed by atoms with van der Waals surface area (Å²) in [7, 11) is 0. The summed E-state index contributed by atoms with van der Waals surface area (Å²) in [6, 6.07) is 6.55. The summed E-state index contributed by atoms with van der Waals surface area (Å²) in [5.41, 5.74) is 0.522. The van der Waals surface area contributed by atoms with Crippen molar-refractivity contribution in [3.8, 4) is 5.75 Å². The van der Waals surface area contributed by atoms with E-state index in [-0.39, 0.29) is 17.7 Å². The number of rotatable bonds is 2. The van der Waals surface area contributed by atoms with Gasteiger partial charge in [0.2, 0.25) is 0 Å². The smallest absolute Gasteiger partial charge is 0.254 e. The van der Waals surface area contributed by atoms with E-state index in [4.69, 9.17) is 11.6 Å². The lowest BCUT2D eigenvalue weighted by atomic mass is 10.0. The number of hydrogen-bond donors (Lipinski definition) is 1. The van der Waals surface area contributed by atoms with Gasteiger partial charge in [0.1, 0.15) is 5.75 Å². The Morgan fingerprint density at radius 3 is 3.00 bits per heavy atom. The summed E-state index contributed by atoms with van der Waals surface area (Å²) in [6.07, 6.45) is 0.988. The van der Waals surface area contributed by atoms with Gasteiger partial charge in [0.05, 0.1) is 0 Å². The molecule has 1 N–H and O–H groups in total. The van der Waals surface area contributed by atoms with Crippen molar-refractivity contribution in [1.29, 1.82) is 0 Å². The molecule has 1 aliphatic heterocycles. The Morgan fingerprint density at radius 2 is 2.35 bits per heavy atom. The fourth-order valence-electron chi connectivity index (χ4n) is 2.30. The molecule has 92 valence electrons. The third-order valence-electron chi connectivity index (χ3n) is 3.39. The van der Waals surface area contributed by atoms with Gasteiger partial charge in [0.25, 0.3) is 5.91 Å². The number of halogens is 1. The Balaban J connectivity index is 2.20. The van der Waals surface area contributed by atoms with E-state index in [1.807, 2.05) is 4.90 Å². The lowest BCUT2D eigenvalue weighted by molar-refractivity contribution is 0.0736. The molecular formula is C13H16ClNO2. The molecule has 1 aromatic rings. The summed E-state index contributed by atoms with van der Waals surface area (Å²) < 4.78 is 0. The second-order valence-corrected chi connectivity index (χ2v) is 4.85. The van der Waals surface area contributed by atoms with Gasteiger partial charge in [-0.05, 0) is 30.5 Å². The molecule has 1 saturated heterocycles. The molecule has 2 atom stereocenters. The zero-order valence-electron chi connectivity index (χ0n) is 9.77.